The smallest absolute Gasteiger partial charge is 0.303 e. The summed E-state index contributed by atoms with van der Waals surface area (Å²) in [5.74, 6) is -0.444. The molecule has 1 aliphatic rings. The van der Waals surface area contributed by atoms with E-state index in [0.717, 1.165) is 26.1 Å². The van der Waals surface area contributed by atoms with Crippen molar-refractivity contribution in [3.05, 3.63) is 0 Å². The van der Waals surface area contributed by atoms with Crippen molar-refractivity contribution in [2.45, 2.75) is 45.6 Å². The molecule has 0 radical (unpaired) electrons. The first-order chi connectivity index (χ1) is 8.50. The maximum absolute atomic E-state index is 12.0. The summed E-state index contributed by atoms with van der Waals surface area (Å²) in [4.78, 5) is 22.4. The minimum absolute atomic E-state index is 0.0267. The van der Waals surface area contributed by atoms with Gasteiger partial charge in [-0.05, 0) is 32.1 Å². The molecule has 0 spiro atoms. The van der Waals surface area contributed by atoms with E-state index in [9.17, 15) is 9.59 Å². The Labute approximate surface area is 108 Å². The van der Waals surface area contributed by atoms with Crippen molar-refractivity contribution in [1.29, 1.82) is 0 Å². The second kappa shape index (κ2) is 7.36. The Morgan fingerprint density at radius 2 is 1.94 bits per heavy atom. The topological polar surface area (TPSA) is 75.6 Å². The highest BCUT2D eigenvalue weighted by molar-refractivity contribution is 5.79. The van der Waals surface area contributed by atoms with Crippen LogP contribution in [-0.4, -0.2) is 36.2 Å². The van der Waals surface area contributed by atoms with Crippen molar-refractivity contribution in [2.24, 2.45) is 11.8 Å². The van der Waals surface area contributed by atoms with Crippen LogP contribution in [-0.2, 0) is 14.3 Å². The molecule has 18 heavy (non-hydrogen) atoms. The zero-order valence-corrected chi connectivity index (χ0v) is 11.1. The zero-order chi connectivity index (χ0) is 13.5. The lowest BCUT2D eigenvalue weighted by Gasteiger charge is -2.28. The lowest BCUT2D eigenvalue weighted by atomic mass is 9.86. The number of hydrogen-bond acceptors (Lipinski definition) is 3. The van der Waals surface area contributed by atoms with Gasteiger partial charge in [-0.3, -0.25) is 9.59 Å². The Kier molecular flexibility index (Phi) is 6.12. The van der Waals surface area contributed by atoms with Crippen molar-refractivity contribution in [1.82, 2.24) is 5.32 Å². The van der Waals surface area contributed by atoms with E-state index in [1.807, 2.05) is 13.8 Å². The molecular formula is C13H23NO4. The fourth-order valence-electron chi connectivity index (χ4n) is 2.22. The largest absolute Gasteiger partial charge is 0.481 e. The maximum Gasteiger partial charge on any atom is 0.303 e. The highest BCUT2D eigenvalue weighted by atomic mass is 16.5. The molecule has 0 aliphatic carbocycles. The number of carbonyl (C=O) groups excluding carboxylic acids is 1. The van der Waals surface area contributed by atoms with Gasteiger partial charge in [-0.25, -0.2) is 0 Å². The fourth-order valence-corrected chi connectivity index (χ4v) is 2.22. The maximum atomic E-state index is 12.0. The Morgan fingerprint density at radius 3 is 2.50 bits per heavy atom. The van der Waals surface area contributed by atoms with E-state index in [1.54, 1.807) is 0 Å². The first-order valence-electron chi connectivity index (χ1n) is 6.60. The predicted molar refractivity (Wildman–Crippen MR) is 67.2 cm³/mol. The molecule has 0 aromatic heterocycles. The molecule has 104 valence electrons. The monoisotopic (exact) mass is 257 g/mol. The fraction of sp³-hybridized carbons (Fsp3) is 0.846. The van der Waals surface area contributed by atoms with Gasteiger partial charge < -0.3 is 15.2 Å². The molecule has 0 aromatic rings. The van der Waals surface area contributed by atoms with Crippen molar-refractivity contribution < 1.29 is 19.4 Å². The quantitative estimate of drug-likeness (QED) is 0.754. The Balaban J connectivity index is 2.31. The van der Waals surface area contributed by atoms with E-state index in [0.29, 0.717) is 12.3 Å². The Morgan fingerprint density at radius 1 is 1.33 bits per heavy atom. The summed E-state index contributed by atoms with van der Waals surface area (Å²) < 4.78 is 5.28. The third-order valence-corrected chi connectivity index (χ3v) is 3.57. The van der Waals surface area contributed by atoms with Crippen LogP contribution >= 0.6 is 0 Å². The number of amides is 1. The number of carboxylic acid groups (broad SMARTS) is 1. The average molecular weight is 257 g/mol. The van der Waals surface area contributed by atoms with Crippen LogP contribution in [0.15, 0.2) is 0 Å². The van der Waals surface area contributed by atoms with E-state index >= 15 is 0 Å². The number of hydrogen-bond donors (Lipinski definition) is 2. The highest BCUT2D eigenvalue weighted by Gasteiger charge is 2.26. The molecule has 5 heteroatoms. The van der Waals surface area contributed by atoms with E-state index in [1.165, 1.54) is 0 Å². The average Bonchev–Trinajstić information content (AvgIpc) is 2.36. The van der Waals surface area contributed by atoms with Gasteiger partial charge in [-0.15, -0.1) is 0 Å². The molecule has 1 amide bonds. The summed E-state index contributed by atoms with van der Waals surface area (Å²) in [6, 6.07) is -0.0871. The van der Waals surface area contributed by atoms with E-state index in [-0.39, 0.29) is 24.3 Å². The van der Waals surface area contributed by atoms with Gasteiger partial charge >= 0.3 is 5.97 Å². The second-order valence-corrected chi connectivity index (χ2v) is 5.08. The van der Waals surface area contributed by atoms with E-state index in [2.05, 4.69) is 5.32 Å². The molecular weight excluding hydrogens is 234 g/mol. The summed E-state index contributed by atoms with van der Waals surface area (Å²) in [5.41, 5.74) is 0. The van der Waals surface area contributed by atoms with Crippen LogP contribution in [0.4, 0.5) is 0 Å². The van der Waals surface area contributed by atoms with Crippen LogP contribution in [0.1, 0.15) is 39.5 Å². The van der Waals surface area contributed by atoms with Gasteiger partial charge in [0.2, 0.25) is 5.91 Å². The number of carboxylic acids is 1. The Hall–Kier alpha value is -1.10. The van der Waals surface area contributed by atoms with Crippen molar-refractivity contribution >= 4 is 11.9 Å². The van der Waals surface area contributed by atoms with Crippen LogP contribution in [0, 0.1) is 11.8 Å². The summed E-state index contributed by atoms with van der Waals surface area (Å²) in [6.45, 7) is 5.25. The summed E-state index contributed by atoms with van der Waals surface area (Å²) >= 11 is 0. The van der Waals surface area contributed by atoms with Gasteiger partial charge in [0, 0.05) is 31.6 Å². The predicted octanol–water partition coefficient (Wildman–Crippen LogP) is 1.42. The SMILES string of the molecule is CC(CCC(=O)O)NC(=O)C(C)C1CCOCC1. The number of rotatable bonds is 6. The lowest BCUT2D eigenvalue weighted by Crippen LogP contribution is -2.40. The van der Waals surface area contributed by atoms with Crippen LogP contribution in [0.5, 0.6) is 0 Å². The first kappa shape index (κ1) is 15.0. The lowest BCUT2D eigenvalue weighted by molar-refractivity contribution is -0.137. The van der Waals surface area contributed by atoms with Crippen molar-refractivity contribution in [2.75, 3.05) is 13.2 Å². The van der Waals surface area contributed by atoms with Crippen LogP contribution in [0.2, 0.25) is 0 Å². The molecule has 2 unspecified atom stereocenters. The third-order valence-electron chi connectivity index (χ3n) is 3.57. The minimum atomic E-state index is -0.825. The molecule has 0 saturated carbocycles. The van der Waals surface area contributed by atoms with Gasteiger partial charge in [-0.2, -0.15) is 0 Å². The standard InChI is InChI=1S/C13H23NO4/c1-9(3-4-12(15)16)14-13(17)10(2)11-5-7-18-8-6-11/h9-11H,3-8H2,1-2H3,(H,14,17)(H,15,16). The van der Waals surface area contributed by atoms with Gasteiger partial charge in [0.25, 0.3) is 0 Å². The normalized spacial score (nSPS) is 20.1. The summed E-state index contributed by atoms with van der Waals surface area (Å²) in [5, 5.41) is 11.5. The molecule has 1 saturated heterocycles. The first-order valence-corrected chi connectivity index (χ1v) is 6.60. The molecule has 1 fully saturated rings. The number of aliphatic carboxylic acids is 1. The molecule has 2 N–H and O–H groups in total. The van der Waals surface area contributed by atoms with Crippen molar-refractivity contribution in [3.63, 3.8) is 0 Å². The molecule has 0 bridgehead atoms. The van der Waals surface area contributed by atoms with Crippen LogP contribution < -0.4 is 5.32 Å². The molecule has 2 atom stereocenters. The molecule has 1 aliphatic heterocycles. The van der Waals surface area contributed by atoms with Gasteiger partial charge in [-0.1, -0.05) is 6.92 Å². The highest BCUT2D eigenvalue weighted by Crippen LogP contribution is 2.23. The van der Waals surface area contributed by atoms with Crippen molar-refractivity contribution in [3.8, 4) is 0 Å². The minimum Gasteiger partial charge on any atom is -0.481 e. The number of nitrogens with one attached hydrogen (secondary N) is 1. The van der Waals surface area contributed by atoms with Gasteiger partial charge in [0.15, 0.2) is 0 Å². The second-order valence-electron chi connectivity index (χ2n) is 5.08. The molecule has 0 aromatic carbocycles. The van der Waals surface area contributed by atoms with E-state index in [4.69, 9.17) is 9.84 Å². The molecule has 5 nitrogen and oxygen atoms in total. The third kappa shape index (κ3) is 5.04. The molecule has 1 rings (SSSR count). The van der Waals surface area contributed by atoms with Gasteiger partial charge in [0.05, 0.1) is 0 Å². The van der Waals surface area contributed by atoms with Gasteiger partial charge in [0.1, 0.15) is 0 Å². The summed E-state index contributed by atoms with van der Waals surface area (Å²) in [6.07, 6.45) is 2.42. The van der Waals surface area contributed by atoms with Crippen LogP contribution in [0.3, 0.4) is 0 Å². The summed E-state index contributed by atoms with van der Waals surface area (Å²) in [7, 11) is 0. The zero-order valence-electron chi connectivity index (χ0n) is 11.1. The van der Waals surface area contributed by atoms with E-state index < -0.39 is 5.97 Å². The number of carbonyl (C=O) groups is 2. The van der Waals surface area contributed by atoms with Crippen LogP contribution in [0.25, 0.3) is 0 Å². The molecule has 1 heterocycles. The number of ether oxygens (including phenoxy) is 1. The Bertz CT molecular complexity index is 287.